The Morgan fingerprint density at radius 1 is 1.22 bits per heavy atom. The summed E-state index contributed by atoms with van der Waals surface area (Å²) in [6.07, 6.45) is 0. The van der Waals surface area contributed by atoms with Crippen molar-refractivity contribution < 1.29 is 22.5 Å². The lowest BCUT2D eigenvalue weighted by molar-refractivity contribution is 0.425. The SMILES string of the molecule is Cc1ccc2c(O)c(S(=O)(=O)O)c(=O)oc2c1C. The van der Waals surface area contributed by atoms with Gasteiger partial charge in [-0.3, -0.25) is 4.55 Å². The van der Waals surface area contributed by atoms with Gasteiger partial charge in [0.2, 0.25) is 4.90 Å². The first kappa shape index (κ1) is 12.6. The molecule has 0 spiro atoms. The highest BCUT2D eigenvalue weighted by Gasteiger charge is 2.25. The monoisotopic (exact) mass is 270 g/mol. The van der Waals surface area contributed by atoms with Crippen molar-refractivity contribution in [2.45, 2.75) is 18.7 Å². The van der Waals surface area contributed by atoms with Crippen LogP contribution in [0.2, 0.25) is 0 Å². The zero-order valence-electron chi connectivity index (χ0n) is 9.59. The van der Waals surface area contributed by atoms with Gasteiger partial charge in [0.15, 0.2) is 5.75 Å². The molecular formula is C11H10O6S. The van der Waals surface area contributed by atoms with Gasteiger partial charge in [-0.2, -0.15) is 8.42 Å². The third-order valence-electron chi connectivity index (χ3n) is 2.79. The molecule has 0 fully saturated rings. The molecule has 0 radical (unpaired) electrons. The van der Waals surface area contributed by atoms with Gasteiger partial charge < -0.3 is 9.52 Å². The molecule has 0 bridgehead atoms. The number of fused-ring (bicyclic) bond motifs is 1. The normalized spacial score (nSPS) is 11.9. The van der Waals surface area contributed by atoms with Crippen LogP contribution < -0.4 is 5.63 Å². The van der Waals surface area contributed by atoms with E-state index in [-0.39, 0.29) is 11.0 Å². The van der Waals surface area contributed by atoms with Crippen LogP contribution in [0.4, 0.5) is 0 Å². The van der Waals surface area contributed by atoms with E-state index in [1.54, 1.807) is 19.9 Å². The van der Waals surface area contributed by atoms with E-state index in [1.165, 1.54) is 6.07 Å². The summed E-state index contributed by atoms with van der Waals surface area (Å²) in [5.41, 5.74) is 0.243. The fourth-order valence-corrected chi connectivity index (χ4v) is 2.30. The van der Waals surface area contributed by atoms with Crippen LogP contribution in [-0.2, 0) is 10.1 Å². The van der Waals surface area contributed by atoms with Crippen LogP contribution in [0, 0.1) is 13.8 Å². The van der Waals surface area contributed by atoms with E-state index in [9.17, 15) is 18.3 Å². The molecule has 0 saturated heterocycles. The summed E-state index contributed by atoms with van der Waals surface area (Å²) < 4.78 is 35.8. The third kappa shape index (κ3) is 1.77. The van der Waals surface area contributed by atoms with Gasteiger partial charge in [-0.15, -0.1) is 0 Å². The Hall–Kier alpha value is -1.86. The summed E-state index contributed by atoms with van der Waals surface area (Å²) in [6, 6.07) is 3.07. The van der Waals surface area contributed by atoms with Gasteiger partial charge in [0.05, 0.1) is 5.39 Å². The summed E-state index contributed by atoms with van der Waals surface area (Å²) in [4.78, 5) is 10.4. The molecule has 1 aromatic carbocycles. The van der Waals surface area contributed by atoms with E-state index in [0.29, 0.717) is 5.56 Å². The third-order valence-corrected chi connectivity index (χ3v) is 3.66. The molecule has 2 rings (SSSR count). The molecule has 0 amide bonds. The fraction of sp³-hybridized carbons (Fsp3) is 0.182. The Labute approximate surface area is 102 Å². The molecule has 6 nitrogen and oxygen atoms in total. The van der Waals surface area contributed by atoms with Crippen LogP contribution in [0.1, 0.15) is 11.1 Å². The minimum atomic E-state index is -4.83. The van der Waals surface area contributed by atoms with Crippen molar-refractivity contribution in [3.05, 3.63) is 33.7 Å². The van der Waals surface area contributed by atoms with E-state index in [4.69, 9.17) is 8.97 Å². The molecule has 96 valence electrons. The first-order chi connectivity index (χ1) is 8.23. The molecule has 0 unspecified atom stereocenters. The molecule has 1 heterocycles. The second kappa shape index (κ2) is 3.82. The lowest BCUT2D eigenvalue weighted by atomic mass is 10.1. The average molecular weight is 270 g/mol. The highest BCUT2D eigenvalue weighted by Crippen LogP contribution is 2.31. The summed E-state index contributed by atoms with van der Waals surface area (Å²) in [7, 11) is -4.83. The smallest absolute Gasteiger partial charge is 0.361 e. The fourth-order valence-electron chi connectivity index (χ4n) is 1.69. The van der Waals surface area contributed by atoms with Crippen LogP contribution in [-0.4, -0.2) is 18.1 Å². The standard InChI is InChI=1S/C11H10O6S/c1-5-3-4-7-8(12)10(18(14,15)16)11(13)17-9(7)6(5)2/h3-4,12H,1-2H3,(H,14,15,16). The van der Waals surface area contributed by atoms with Crippen LogP contribution >= 0.6 is 0 Å². The van der Waals surface area contributed by atoms with Gasteiger partial charge in [-0.1, -0.05) is 6.07 Å². The summed E-state index contributed by atoms with van der Waals surface area (Å²) >= 11 is 0. The Bertz CT molecular complexity index is 800. The minimum absolute atomic E-state index is 0.0605. The number of hydrogen-bond donors (Lipinski definition) is 2. The van der Waals surface area contributed by atoms with E-state index in [2.05, 4.69) is 0 Å². The predicted octanol–water partition coefficient (Wildman–Crippen LogP) is 1.36. The van der Waals surface area contributed by atoms with Crippen molar-refractivity contribution in [2.24, 2.45) is 0 Å². The average Bonchev–Trinajstić information content (AvgIpc) is 2.22. The number of benzene rings is 1. The summed E-state index contributed by atoms with van der Waals surface area (Å²) in [5.74, 6) is -0.799. The molecule has 0 aliphatic rings. The van der Waals surface area contributed by atoms with Crippen LogP contribution in [0.15, 0.2) is 26.2 Å². The second-order valence-electron chi connectivity index (χ2n) is 3.93. The lowest BCUT2D eigenvalue weighted by Crippen LogP contribution is -2.13. The molecule has 18 heavy (non-hydrogen) atoms. The maximum atomic E-state index is 11.5. The number of aromatic hydroxyl groups is 1. The van der Waals surface area contributed by atoms with Crippen molar-refractivity contribution in [3.63, 3.8) is 0 Å². The predicted molar refractivity (Wildman–Crippen MR) is 63.4 cm³/mol. The zero-order valence-corrected chi connectivity index (χ0v) is 10.4. The molecular weight excluding hydrogens is 260 g/mol. The summed E-state index contributed by atoms with van der Waals surface area (Å²) in [5, 5.41) is 9.84. The van der Waals surface area contributed by atoms with Crippen LogP contribution in [0.5, 0.6) is 5.75 Å². The van der Waals surface area contributed by atoms with Crippen LogP contribution in [0.25, 0.3) is 11.0 Å². The van der Waals surface area contributed by atoms with Gasteiger partial charge in [0.25, 0.3) is 0 Å². The molecule has 0 atom stereocenters. The minimum Gasteiger partial charge on any atom is -0.505 e. The van der Waals surface area contributed by atoms with E-state index in [0.717, 1.165) is 5.56 Å². The molecule has 1 aromatic heterocycles. The van der Waals surface area contributed by atoms with Crippen molar-refractivity contribution in [1.29, 1.82) is 0 Å². The van der Waals surface area contributed by atoms with Gasteiger partial charge in [-0.25, -0.2) is 4.79 Å². The van der Waals surface area contributed by atoms with Crippen LogP contribution in [0.3, 0.4) is 0 Å². The lowest BCUT2D eigenvalue weighted by Gasteiger charge is -2.07. The second-order valence-corrected chi connectivity index (χ2v) is 5.28. The molecule has 0 aliphatic heterocycles. The van der Waals surface area contributed by atoms with Crippen molar-refractivity contribution >= 4 is 21.1 Å². The first-order valence-corrected chi connectivity index (χ1v) is 6.41. The van der Waals surface area contributed by atoms with E-state index in [1.807, 2.05) is 0 Å². The van der Waals surface area contributed by atoms with Crippen molar-refractivity contribution in [2.75, 3.05) is 0 Å². The molecule has 2 aromatic rings. The Morgan fingerprint density at radius 2 is 1.83 bits per heavy atom. The summed E-state index contributed by atoms with van der Waals surface area (Å²) in [6.45, 7) is 3.45. The largest absolute Gasteiger partial charge is 0.505 e. The highest BCUT2D eigenvalue weighted by molar-refractivity contribution is 7.86. The Kier molecular flexibility index (Phi) is 2.67. The molecule has 7 heteroatoms. The van der Waals surface area contributed by atoms with Gasteiger partial charge in [-0.05, 0) is 31.0 Å². The zero-order chi connectivity index (χ0) is 13.7. The van der Waals surface area contributed by atoms with E-state index < -0.39 is 26.4 Å². The van der Waals surface area contributed by atoms with Crippen molar-refractivity contribution in [3.8, 4) is 5.75 Å². The van der Waals surface area contributed by atoms with Gasteiger partial charge in [0, 0.05) is 0 Å². The first-order valence-electron chi connectivity index (χ1n) is 4.97. The van der Waals surface area contributed by atoms with Crippen molar-refractivity contribution in [1.82, 2.24) is 0 Å². The van der Waals surface area contributed by atoms with Gasteiger partial charge in [0.1, 0.15) is 5.58 Å². The van der Waals surface area contributed by atoms with E-state index >= 15 is 0 Å². The maximum absolute atomic E-state index is 11.5. The maximum Gasteiger partial charge on any atom is 0.361 e. The quantitative estimate of drug-likeness (QED) is 0.599. The number of aryl methyl sites for hydroxylation is 2. The number of hydrogen-bond acceptors (Lipinski definition) is 5. The topological polar surface area (TPSA) is 105 Å². The molecule has 0 aliphatic carbocycles. The molecule has 2 N–H and O–H groups in total. The van der Waals surface area contributed by atoms with Gasteiger partial charge >= 0.3 is 15.7 Å². The Morgan fingerprint density at radius 3 is 2.39 bits per heavy atom. The molecule has 0 saturated carbocycles. The highest BCUT2D eigenvalue weighted by atomic mass is 32.2. The number of rotatable bonds is 1. The Balaban J connectivity index is 3.07.